The SMILES string of the molecule is C/C=C(\C=C/CNC(=O)/C=C/c1cc(-c2ccc(OCCOCCC)cc2)ccc1OC)SCc1c(C)ncn1CC. The zero-order chi connectivity index (χ0) is 30.2. The summed E-state index contributed by atoms with van der Waals surface area (Å²) >= 11 is 1.76. The average Bonchev–Trinajstić information content (AvgIpc) is 3.38. The number of thioether (sulfide) groups is 1. The maximum absolute atomic E-state index is 12.5. The molecule has 1 heterocycles. The van der Waals surface area contributed by atoms with Crippen molar-refractivity contribution in [2.75, 3.05) is 33.5 Å². The van der Waals surface area contributed by atoms with E-state index < -0.39 is 0 Å². The molecular weight excluding hydrogens is 546 g/mol. The Morgan fingerprint density at radius 2 is 1.83 bits per heavy atom. The molecule has 1 amide bonds. The van der Waals surface area contributed by atoms with Gasteiger partial charge < -0.3 is 24.1 Å². The summed E-state index contributed by atoms with van der Waals surface area (Å²) < 4.78 is 18.9. The second-order valence-electron chi connectivity index (χ2n) is 9.47. The predicted molar refractivity (Wildman–Crippen MR) is 174 cm³/mol. The molecule has 8 heteroatoms. The highest BCUT2D eigenvalue weighted by atomic mass is 32.2. The molecule has 0 radical (unpaired) electrons. The minimum Gasteiger partial charge on any atom is -0.496 e. The molecule has 1 aromatic heterocycles. The summed E-state index contributed by atoms with van der Waals surface area (Å²) in [4.78, 5) is 18.1. The Kier molecular flexibility index (Phi) is 14.0. The summed E-state index contributed by atoms with van der Waals surface area (Å²) in [5, 5.41) is 2.92. The predicted octanol–water partition coefficient (Wildman–Crippen LogP) is 7.22. The number of hydrogen-bond donors (Lipinski definition) is 1. The van der Waals surface area contributed by atoms with Crippen LogP contribution < -0.4 is 14.8 Å². The molecular formula is C34H43N3O4S. The van der Waals surface area contributed by atoms with Gasteiger partial charge in [0.25, 0.3) is 0 Å². The van der Waals surface area contributed by atoms with E-state index in [0.717, 1.165) is 58.4 Å². The Hall–Kier alpha value is -3.75. The molecule has 42 heavy (non-hydrogen) atoms. The van der Waals surface area contributed by atoms with Crippen LogP contribution in [0.2, 0.25) is 0 Å². The molecule has 0 aliphatic rings. The zero-order valence-electron chi connectivity index (χ0n) is 25.4. The number of benzene rings is 2. The molecule has 0 aliphatic carbocycles. The summed E-state index contributed by atoms with van der Waals surface area (Å²) in [7, 11) is 1.63. The Morgan fingerprint density at radius 3 is 2.55 bits per heavy atom. The first kappa shape index (κ1) is 32.8. The largest absolute Gasteiger partial charge is 0.496 e. The standard InChI is InChI=1S/C34H43N3O4S/c1-6-20-40-21-22-41-30-15-11-27(12-16-30)28-13-17-33(39-5)29(23-28)14-18-34(38)35-19-9-10-31(7-2)42-24-32-26(4)36-25-37(32)8-3/h7,9-18,23,25H,6,8,19-22,24H2,1-5H3,(H,35,38)/b10-9-,18-14+,31-7+. The van der Waals surface area contributed by atoms with Crippen molar-refractivity contribution in [1.82, 2.24) is 14.9 Å². The van der Waals surface area contributed by atoms with Gasteiger partial charge in [0.1, 0.15) is 18.1 Å². The Bertz CT molecular complexity index is 1360. The van der Waals surface area contributed by atoms with Crippen molar-refractivity contribution in [3.05, 3.63) is 95.0 Å². The van der Waals surface area contributed by atoms with Crippen molar-refractivity contribution in [3.63, 3.8) is 0 Å². The third-order valence-corrected chi connectivity index (χ3v) is 7.63. The number of rotatable bonds is 17. The molecule has 0 spiro atoms. The van der Waals surface area contributed by atoms with Crippen LogP contribution in [0.25, 0.3) is 17.2 Å². The van der Waals surface area contributed by atoms with Gasteiger partial charge in [0.2, 0.25) is 5.91 Å². The molecule has 0 aliphatic heterocycles. The van der Waals surface area contributed by atoms with Gasteiger partial charge in [-0.2, -0.15) is 0 Å². The molecule has 224 valence electrons. The average molecular weight is 590 g/mol. The molecule has 3 rings (SSSR count). The second kappa shape index (κ2) is 17.9. The number of imidazole rings is 1. The van der Waals surface area contributed by atoms with Crippen LogP contribution in [0.5, 0.6) is 11.5 Å². The molecule has 0 saturated carbocycles. The van der Waals surface area contributed by atoms with Crippen LogP contribution in [0.4, 0.5) is 0 Å². The van der Waals surface area contributed by atoms with Crippen molar-refractivity contribution in [1.29, 1.82) is 0 Å². The number of nitrogens with zero attached hydrogens (tertiary/aromatic N) is 2. The summed E-state index contributed by atoms with van der Waals surface area (Å²) in [5.41, 5.74) is 5.19. The van der Waals surface area contributed by atoms with Gasteiger partial charge in [-0.25, -0.2) is 4.98 Å². The first-order valence-corrected chi connectivity index (χ1v) is 15.4. The van der Waals surface area contributed by atoms with E-state index in [4.69, 9.17) is 14.2 Å². The molecule has 7 nitrogen and oxygen atoms in total. The van der Waals surface area contributed by atoms with Gasteiger partial charge in [-0.1, -0.05) is 43.4 Å². The molecule has 0 fully saturated rings. The fraction of sp³-hybridized carbons (Fsp3) is 0.353. The molecule has 0 bridgehead atoms. The Labute approximate surface area is 254 Å². The smallest absolute Gasteiger partial charge is 0.244 e. The highest BCUT2D eigenvalue weighted by Gasteiger charge is 2.08. The zero-order valence-corrected chi connectivity index (χ0v) is 26.2. The van der Waals surface area contributed by atoms with Crippen molar-refractivity contribution in [2.24, 2.45) is 0 Å². The highest BCUT2D eigenvalue weighted by molar-refractivity contribution is 8.02. The lowest BCUT2D eigenvalue weighted by atomic mass is 10.0. The van der Waals surface area contributed by atoms with Crippen LogP contribution in [0.1, 0.15) is 44.1 Å². The van der Waals surface area contributed by atoms with Crippen LogP contribution in [-0.4, -0.2) is 48.9 Å². The van der Waals surface area contributed by atoms with Crippen LogP contribution in [0, 0.1) is 6.92 Å². The fourth-order valence-corrected chi connectivity index (χ4v) is 5.20. The lowest BCUT2D eigenvalue weighted by Crippen LogP contribution is -2.20. The molecule has 0 unspecified atom stereocenters. The maximum atomic E-state index is 12.5. The number of ether oxygens (including phenoxy) is 3. The lowest BCUT2D eigenvalue weighted by molar-refractivity contribution is -0.116. The van der Waals surface area contributed by atoms with Crippen LogP contribution in [-0.2, 0) is 21.8 Å². The fourth-order valence-electron chi connectivity index (χ4n) is 4.16. The van der Waals surface area contributed by atoms with E-state index in [0.29, 0.717) is 25.5 Å². The number of allylic oxidation sites excluding steroid dienone is 2. The minimum atomic E-state index is -0.173. The summed E-state index contributed by atoms with van der Waals surface area (Å²) in [6, 6.07) is 13.9. The van der Waals surface area contributed by atoms with Gasteiger partial charge in [0, 0.05) is 42.0 Å². The molecule has 0 saturated heterocycles. The van der Waals surface area contributed by atoms with Gasteiger partial charge in [0.05, 0.1) is 31.4 Å². The number of aryl methyl sites for hydroxylation is 2. The van der Waals surface area contributed by atoms with Crippen molar-refractivity contribution in [2.45, 2.75) is 46.4 Å². The van der Waals surface area contributed by atoms with Crippen LogP contribution in [0.15, 0.2) is 78.0 Å². The summed E-state index contributed by atoms with van der Waals surface area (Å²) in [6.07, 6.45) is 12.3. The number of nitrogens with one attached hydrogen (secondary N) is 1. The Morgan fingerprint density at radius 1 is 1.05 bits per heavy atom. The van der Waals surface area contributed by atoms with Gasteiger partial charge in [-0.3, -0.25) is 4.79 Å². The Balaban J connectivity index is 1.52. The molecule has 3 aromatic rings. The second-order valence-corrected chi connectivity index (χ2v) is 10.5. The summed E-state index contributed by atoms with van der Waals surface area (Å²) in [6.45, 7) is 11.5. The monoisotopic (exact) mass is 589 g/mol. The van der Waals surface area contributed by atoms with E-state index in [1.807, 2.05) is 74.8 Å². The summed E-state index contributed by atoms with van der Waals surface area (Å²) in [5.74, 6) is 2.18. The first-order chi connectivity index (χ1) is 20.5. The van der Waals surface area contributed by atoms with E-state index in [2.05, 4.69) is 34.8 Å². The van der Waals surface area contributed by atoms with Gasteiger partial charge in [0.15, 0.2) is 0 Å². The van der Waals surface area contributed by atoms with Crippen molar-refractivity contribution >= 4 is 23.7 Å². The number of methoxy groups -OCH3 is 1. The molecule has 0 atom stereocenters. The van der Waals surface area contributed by atoms with Crippen LogP contribution in [0.3, 0.4) is 0 Å². The topological polar surface area (TPSA) is 74.6 Å². The minimum absolute atomic E-state index is 0.173. The van der Waals surface area contributed by atoms with Crippen molar-refractivity contribution < 1.29 is 19.0 Å². The number of hydrogen-bond acceptors (Lipinski definition) is 6. The quantitative estimate of drug-likeness (QED) is 0.102. The van der Waals surface area contributed by atoms with E-state index in [-0.39, 0.29) is 5.91 Å². The van der Waals surface area contributed by atoms with E-state index in [1.165, 1.54) is 11.8 Å². The van der Waals surface area contributed by atoms with Crippen molar-refractivity contribution in [3.8, 4) is 22.6 Å². The highest BCUT2D eigenvalue weighted by Crippen LogP contribution is 2.29. The van der Waals surface area contributed by atoms with Gasteiger partial charge in [-0.15, -0.1) is 11.8 Å². The third kappa shape index (κ3) is 10.3. The van der Waals surface area contributed by atoms with E-state index in [1.54, 1.807) is 24.9 Å². The first-order valence-electron chi connectivity index (χ1n) is 14.4. The van der Waals surface area contributed by atoms with Gasteiger partial charge in [-0.05, 0) is 68.7 Å². The lowest BCUT2D eigenvalue weighted by Gasteiger charge is -2.10. The maximum Gasteiger partial charge on any atom is 0.244 e. The van der Waals surface area contributed by atoms with Gasteiger partial charge >= 0.3 is 0 Å². The van der Waals surface area contributed by atoms with Crippen LogP contribution >= 0.6 is 11.8 Å². The number of aromatic nitrogens is 2. The number of carbonyl (C=O) groups excluding carboxylic acids is 1. The molecule has 2 aromatic carbocycles. The van der Waals surface area contributed by atoms with E-state index >= 15 is 0 Å². The number of amides is 1. The normalized spacial score (nSPS) is 11.9. The van der Waals surface area contributed by atoms with E-state index in [9.17, 15) is 4.79 Å². The third-order valence-electron chi connectivity index (χ3n) is 6.51. The molecule has 1 N–H and O–H groups in total. The number of carbonyl (C=O) groups is 1.